The number of nitrogens with zero attached hydrogens (tertiary/aromatic N) is 2. The predicted molar refractivity (Wildman–Crippen MR) is 86.0 cm³/mol. The van der Waals surface area contributed by atoms with Crippen LogP contribution >= 0.6 is 27.5 Å². The summed E-state index contributed by atoms with van der Waals surface area (Å²) in [5, 5.41) is 3.97. The van der Waals surface area contributed by atoms with Crippen molar-refractivity contribution in [1.29, 1.82) is 0 Å². The number of hydrogen-bond acceptors (Lipinski definition) is 3. The summed E-state index contributed by atoms with van der Waals surface area (Å²) in [6.45, 7) is 4.68. The molecule has 1 unspecified atom stereocenters. The van der Waals surface area contributed by atoms with Gasteiger partial charge in [-0.3, -0.25) is 0 Å². The summed E-state index contributed by atoms with van der Waals surface area (Å²) in [6, 6.07) is 5.88. The number of imidazole rings is 1. The second-order valence-corrected chi connectivity index (χ2v) is 5.84. The van der Waals surface area contributed by atoms with Gasteiger partial charge in [0.05, 0.1) is 33.5 Å². The molecule has 0 spiro atoms. The fourth-order valence-corrected chi connectivity index (χ4v) is 2.52. The van der Waals surface area contributed by atoms with Crippen LogP contribution in [0.25, 0.3) is 0 Å². The second kappa shape index (κ2) is 6.61. The molecule has 20 heavy (non-hydrogen) atoms. The summed E-state index contributed by atoms with van der Waals surface area (Å²) in [4.78, 5) is 4.51. The Hall–Kier alpha value is -1.04. The van der Waals surface area contributed by atoms with E-state index in [9.17, 15) is 0 Å². The summed E-state index contributed by atoms with van der Waals surface area (Å²) in [7, 11) is 1.70. The molecule has 0 amide bonds. The van der Waals surface area contributed by atoms with Crippen molar-refractivity contribution in [3.8, 4) is 0 Å². The lowest BCUT2D eigenvalue weighted by Gasteiger charge is -2.16. The van der Waals surface area contributed by atoms with Gasteiger partial charge in [0, 0.05) is 13.3 Å². The summed E-state index contributed by atoms with van der Waals surface area (Å²) >= 11 is 9.58. The average Bonchev–Trinajstić information content (AvgIpc) is 2.76. The fourth-order valence-electron chi connectivity index (χ4n) is 1.99. The average molecular weight is 359 g/mol. The van der Waals surface area contributed by atoms with Crippen molar-refractivity contribution in [2.75, 3.05) is 19.0 Å². The van der Waals surface area contributed by atoms with Crippen LogP contribution in [-0.4, -0.2) is 23.3 Å². The summed E-state index contributed by atoms with van der Waals surface area (Å²) in [5.74, 6) is 0.773. The molecule has 1 aromatic carbocycles. The van der Waals surface area contributed by atoms with Gasteiger partial charge >= 0.3 is 0 Å². The molecule has 0 saturated heterocycles. The Bertz CT molecular complexity index is 600. The molecule has 0 aliphatic heterocycles. The van der Waals surface area contributed by atoms with Gasteiger partial charge in [0.2, 0.25) is 5.95 Å². The van der Waals surface area contributed by atoms with Crippen LogP contribution in [0.3, 0.4) is 0 Å². The van der Waals surface area contributed by atoms with E-state index in [-0.39, 0.29) is 6.04 Å². The van der Waals surface area contributed by atoms with Crippen LogP contribution in [0, 0.1) is 6.92 Å². The third kappa shape index (κ3) is 3.34. The van der Waals surface area contributed by atoms with Gasteiger partial charge in [-0.25, -0.2) is 4.98 Å². The highest BCUT2D eigenvalue weighted by Gasteiger charge is 2.13. The lowest BCUT2D eigenvalue weighted by molar-refractivity contribution is 0.163. The van der Waals surface area contributed by atoms with E-state index in [4.69, 9.17) is 16.3 Å². The zero-order valence-corrected chi connectivity index (χ0v) is 14.0. The van der Waals surface area contributed by atoms with Crippen LogP contribution in [-0.2, 0) is 4.74 Å². The number of methoxy groups -OCH3 is 1. The van der Waals surface area contributed by atoms with Gasteiger partial charge in [0.25, 0.3) is 0 Å². The van der Waals surface area contributed by atoms with Crippen LogP contribution in [0.1, 0.15) is 18.7 Å². The number of aromatic nitrogens is 2. The van der Waals surface area contributed by atoms with Crippen molar-refractivity contribution in [1.82, 2.24) is 9.55 Å². The van der Waals surface area contributed by atoms with Crippen molar-refractivity contribution in [3.63, 3.8) is 0 Å². The first-order chi connectivity index (χ1) is 9.52. The number of nitrogens with one attached hydrogen (secondary N) is 1. The maximum Gasteiger partial charge on any atom is 0.207 e. The summed E-state index contributed by atoms with van der Waals surface area (Å²) in [6.07, 6.45) is 2.00. The quantitative estimate of drug-likeness (QED) is 0.851. The Kier molecular flexibility index (Phi) is 5.07. The van der Waals surface area contributed by atoms with E-state index in [1.54, 1.807) is 7.11 Å². The zero-order valence-electron chi connectivity index (χ0n) is 11.7. The Morgan fingerprint density at radius 1 is 1.50 bits per heavy atom. The van der Waals surface area contributed by atoms with Gasteiger partial charge in [-0.2, -0.15) is 0 Å². The maximum atomic E-state index is 6.10. The topological polar surface area (TPSA) is 39.1 Å². The minimum Gasteiger partial charge on any atom is -0.383 e. The molecule has 0 aliphatic carbocycles. The number of rotatable bonds is 5. The van der Waals surface area contributed by atoms with Crippen LogP contribution < -0.4 is 5.32 Å². The van der Waals surface area contributed by atoms with E-state index in [0.717, 1.165) is 21.8 Å². The molecule has 6 heteroatoms. The van der Waals surface area contributed by atoms with E-state index in [1.165, 1.54) is 0 Å². The predicted octanol–water partition coefficient (Wildman–Crippen LogP) is 4.56. The molecule has 0 bridgehead atoms. The van der Waals surface area contributed by atoms with Crippen molar-refractivity contribution >= 4 is 39.2 Å². The van der Waals surface area contributed by atoms with Gasteiger partial charge in [-0.15, -0.1) is 0 Å². The highest BCUT2D eigenvalue weighted by atomic mass is 79.9. The van der Waals surface area contributed by atoms with Gasteiger partial charge in [-0.05, 0) is 41.9 Å². The van der Waals surface area contributed by atoms with Crippen molar-refractivity contribution in [2.24, 2.45) is 0 Å². The molecule has 1 aromatic heterocycles. The molecule has 2 aromatic rings. The van der Waals surface area contributed by atoms with Crippen LogP contribution in [0.2, 0.25) is 5.02 Å². The van der Waals surface area contributed by atoms with E-state index in [1.807, 2.05) is 31.3 Å². The van der Waals surface area contributed by atoms with Crippen molar-refractivity contribution in [3.05, 3.63) is 39.6 Å². The molecule has 1 N–H and O–H groups in total. The first-order valence-corrected chi connectivity index (χ1v) is 7.45. The smallest absolute Gasteiger partial charge is 0.207 e. The Labute approximate surface area is 132 Å². The van der Waals surface area contributed by atoms with Crippen molar-refractivity contribution < 1.29 is 4.74 Å². The van der Waals surface area contributed by atoms with Crippen molar-refractivity contribution in [2.45, 2.75) is 19.9 Å². The molecule has 2 rings (SSSR count). The number of benzene rings is 1. The van der Waals surface area contributed by atoms with E-state index in [0.29, 0.717) is 11.6 Å². The highest BCUT2D eigenvalue weighted by molar-refractivity contribution is 9.10. The third-order valence-corrected chi connectivity index (χ3v) is 4.33. The largest absolute Gasteiger partial charge is 0.383 e. The van der Waals surface area contributed by atoms with Gasteiger partial charge < -0.3 is 14.6 Å². The number of anilines is 2. The zero-order chi connectivity index (χ0) is 14.7. The Morgan fingerprint density at radius 3 is 2.95 bits per heavy atom. The molecule has 0 aliphatic rings. The minimum absolute atomic E-state index is 0.196. The van der Waals surface area contributed by atoms with E-state index >= 15 is 0 Å². The summed E-state index contributed by atoms with van der Waals surface area (Å²) in [5.41, 5.74) is 1.84. The molecule has 0 fully saturated rings. The third-order valence-electron chi connectivity index (χ3n) is 2.93. The second-order valence-electron chi connectivity index (χ2n) is 4.64. The lowest BCUT2D eigenvalue weighted by atomic mass is 10.3. The normalized spacial score (nSPS) is 12.4. The van der Waals surface area contributed by atoms with Crippen LogP contribution in [0.15, 0.2) is 28.9 Å². The first kappa shape index (κ1) is 15.4. The molecule has 108 valence electrons. The number of halogens is 2. The SMILES string of the molecule is COCC(C)n1cc(C)nc1Nc1cccc(Cl)c1Br. The van der Waals surface area contributed by atoms with Gasteiger partial charge in [0.1, 0.15) is 0 Å². The standard InChI is InChI=1S/C14H17BrClN3O/c1-9-7-19(10(2)8-20-3)14(17-9)18-12-6-4-5-11(16)13(12)15/h4-7,10H,8H2,1-3H3,(H,17,18). The molecular formula is C14H17BrClN3O. The van der Waals surface area contributed by atoms with Crippen LogP contribution in [0.4, 0.5) is 11.6 Å². The highest BCUT2D eigenvalue weighted by Crippen LogP contribution is 2.32. The number of hydrogen-bond donors (Lipinski definition) is 1. The van der Waals surface area contributed by atoms with E-state index < -0.39 is 0 Å². The number of ether oxygens (including phenoxy) is 1. The van der Waals surface area contributed by atoms with Crippen LogP contribution in [0.5, 0.6) is 0 Å². The van der Waals surface area contributed by atoms with Gasteiger partial charge in [0.15, 0.2) is 0 Å². The fraction of sp³-hybridized carbons (Fsp3) is 0.357. The lowest BCUT2D eigenvalue weighted by Crippen LogP contribution is -2.12. The maximum absolute atomic E-state index is 6.10. The monoisotopic (exact) mass is 357 g/mol. The molecule has 1 heterocycles. The van der Waals surface area contributed by atoms with E-state index in [2.05, 4.69) is 37.7 Å². The molecule has 4 nitrogen and oxygen atoms in total. The Balaban J connectivity index is 2.31. The molecule has 0 saturated carbocycles. The summed E-state index contributed by atoms with van der Waals surface area (Å²) < 4.78 is 8.10. The molecule has 0 radical (unpaired) electrons. The Morgan fingerprint density at radius 2 is 2.25 bits per heavy atom. The van der Waals surface area contributed by atoms with Gasteiger partial charge in [-0.1, -0.05) is 17.7 Å². The molecular weight excluding hydrogens is 342 g/mol. The minimum atomic E-state index is 0.196. The molecule has 1 atom stereocenters. The number of aryl methyl sites for hydroxylation is 1. The first-order valence-electron chi connectivity index (χ1n) is 6.28.